The van der Waals surface area contributed by atoms with Gasteiger partial charge in [-0.3, -0.25) is 0 Å². The van der Waals surface area contributed by atoms with Gasteiger partial charge in [0.1, 0.15) is 0 Å². The molecule has 0 unspecified atom stereocenters. The van der Waals surface area contributed by atoms with E-state index in [0.717, 1.165) is 0 Å². The van der Waals surface area contributed by atoms with Gasteiger partial charge in [0, 0.05) is 0 Å². The Bertz CT molecular complexity index is 4070. The molecule has 0 aliphatic heterocycles. The predicted octanol–water partition coefficient (Wildman–Crippen LogP) is 20.4. The molecule has 0 aromatic heterocycles. The van der Waals surface area contributed by atoms with Crippen LogP contribution < -0.4 is 24.8 Å². The largest absolute Gasteiger partial charge is 4.00 e. The first-order valence-corrected chi connectivity index (χ1v) is 34.7. The van der Waals surface area contributed by atoms with Gasteiger partial charge in [0.15, 0.2) is 0 Å². The zero-order chi connectivity index (χ0) is 59.8. The fraction of sp³-hybridized carbons (Fsp3) is 0.352. The molecule has 467 valence electrons. The van der Waals surface area contributed by atoms with Crippen molar-refractivity contribution in [2.75, 3.05) is 0 Å². The summed E-state index contributed by atoms with van der Waals surface area (Å²) in [6.45, 7) is 7.60. The topological polar surface area (TPSA) is 0 Å². The number of benzene rings is 9. The van der Waals surface area contributed by atoms with Crippen LogP contribution in [-0.2, 0) is 71.7 Å². The van der Waals surface area contributed by atoms with Crippen molar-refractivity contribution in [1.29, 1.82) is 0 Å². The molecule has 0 saturated heterocycles. The Hall–Kier alpha value is -5.06. The fourth-order valence-electron chi connectivity index (χ4n) is 16.7. The van der Waals surface area contributed by atoms with Crippen molar-refractivity contribution in [3.63, 3.8) is 0 Å². The molecule has 0 bridgehead atoms. The van der Waals surface area contributed by atoms with Crippen LogP contribution in [-0.4, -0.2) is 0 Å². The fourth-order valence-corrected chi connectivity index (χ4v) is 16.7. The van der Waals surface area contributed by atoms with Crippen LogP contribution in [0.15, 0.2) is 218 Å². The molecule has 0 atom stereocenters. The van der Waals surface area contributed by atoms with E-state index in [0.29, 0.717) is 16.2 Å². The van der Waals surface area contributed by atoms with Crippen molar-refractivity contribution >= 4 is 64.6 Å². The van der Waals surface area contributed by atoms with Gasteiger partial charge in [-0.05, 0) is 123 Å². The molecule has 12 aromatic carbocycles. The minimum absolute atomic E-state index is 0. The smallest absolute Gasteiger partial charge is 1.00 e. The predicted molar refractivity (Wildman–Crippen MR) is 384 cm³/mol. The molecule has 0 nitrogen and oxygen atoms in total. The molecular formula is C88H95Cl2Zr2+2. The van der Waals surface area contributed by atoms with Gasteiger partial charge in [-0.1, -0.05) is 286 Å². The first-order valence-electron chi connectivity index (χ1n) is 34.7. The van der Waals surface area contributed by atoms with Gasteiger partial charge in [0.05, 0.1) is 0 Å². The van der Waals surface area contributed by atoms with E-state index in [-0.39, 0.29) is 77.2 Å². The number of rotatable bonds is 9. The molecule has 0 N–H and O–H groups in total. The Labute approximate surface area is 602 Å². The SMILES string of the molecule is CC1(Cc2cc3c(-c4cccc5ccccc45)cccc3[cH-]2)CCCCCCC1.CC1(Cc2cc3c(-c4cccc5ccccc45)cccc3[cH-]2)CCCCCCC1.CC1(Cc2cc3c(-c4cccc5ccccc45)cccc3[cH-]2)CCCCCCCC1.[Cl-].[Cl-].[Zr+3].[Zr+4]. The summed E-state index contributed by atoms with van der Waals surface area (Å²) in [5.74, 6) is 0. The standard InChI is InChI=1S/C30H33.2C29H31.2ClH.2Zr/c1-30(18-8-4-2-3-5-9-19-30)22-23-20-25-14-11-17-28(29(25)21-23)27-16-10-13-24-12-6-7-15-26(24)27;2*1-29(17-7-3-2-4-8-18-29)21-22-19-24-13-10-16-27(28(24)20-22)26-15-9-12-23-11-5-6-14-25(23)26;;;;/h6-7,10-17,20-21H,2-5,8-9,18-19,22H2,1H3;2*5-6,9-16,19-20H,2-4,7-8,17-18,21H2,1H3;2*1H;;/q3*-1;;;+3;+4/p-2. The van der Waals surface area contributed by atoms with Gasteiger partial charge < -0.3 is 24.8 Å². The summed E-state index contributed by atoms with van der Waals surface area (Å²) in [5, 5.41) is 16.4. The van der Waals surface area contributed by atoms with E-state index in [4.69, 9.17) is 0 Å². The number of halogens is 2. The van der Waals surface area contributed by atoms with Gasteiger partial charge in [-0.25, -0.2) is 0 Å². The third-order valence-corrected chi connectivity index (χ3v) is 21.5. The molecular weight excluding hydrogens is 1310 g/mol. The van der Waals surface area contributed by atoms with Gasteiger partial charge in [0.2, 0.25) is 0 Å². The summed E-state index contributed by atoms with van der Waals surface area (Å²) >= 11 is 0. The number of hydrogen-bond donors (Lipinski definition) is 0. The molecule has 4 heteroatoms. The van der Waals surface area contributed by atoms with Gasteiger partial charge in [-0.2, -0.15) is 18.2 Å². The molecule has 0 heterocycles. The Morgan fingerprint density at radius 2 is 0.467 bits per heavy atom. The zero-order valence-corrected chi connectivity index (χ0v) is 61.6. The maximum Gasteiger partial charge on any atom is 4.00 e. The summed E-state index contributed by atoms with van der Waals surface area (Å²) in [6.07, 6.45) is 34.6. The van der Waals surface area contributed by atoms with E-state index >= 15 is 0 Å². The molecule has 0 spiro atoms. The second kappa shape index (κ2) is 33.1. The number of hydrogen-bond acceptors (Lipinski definition) is 0. The van der Waals surface area contributed by atoms with Gasteiger partial charge in [-0.15, -0.1) is 104 Å². The van der Waals surface area contributed by atoms with Crippen LogP contribution in [0.2, 0.25) is 0 Å². The summed E-state index contributed by atoms with van der Waals surface area (Å²) in [6, 6.07) is 81.5. The Balaban J connectivity index is 0.000000160. The first-order chi connectivity index (χ1) is 43.2. The minimum Gasteiger partial charge on any atom is -1.00 e. The van der Waals surface area contributed by atoms with Crippen molar-refractivity contribution < 1.29 is 77.2 Å². The second-order valence-electron chi connectivity index (χ2n) is 28.7. The Morgan fingerprint density at radius 1 is 0.261 bits per heavy atom. The van der Waals surface area contributed by atoms with E-state index in [1.165, 1.54) is 275 Å². The average Bonchev–Trinajstić information content (AvgIpc) is 1.55. The minimum atomic E-state index is 0. The zero-order valence-electron chi connectivity index (χ0n) is 55.2. The molecule has 12 aromatic rings. The van der Waals surface area contributed by atoms with Crippen molar-refractivity contribution in [2.24, 2.45) is 16.2 Å². The quantitative estimate of drug-likeness (QED) is 0.126. The molecule has 15 rings (SSSR count). The van der Waals surface area contributed by atoms with E-state index < -0.39 is 0 Å². The van der Waals surface area contributed by atoms with E-state index in [1.54, 1.807) is 0 Å². The third-order valence-electron chi connectivity index (χ3n) is 21.5. The first kappa shape index (κ1) is 71.2. The van der Waals surface area contributed by atoms with Crippen molar-refractivity contribution in [2.45, 2.75) is 181 Å². The van der Waals surface area contributed by atoms with Crippen LogP contribution in [0.5, 0.6) is 0 Å². The van der Waals surface area contributed by atoms with Crippen molar-refractivity contribution in [3.05, 3.63) is 235 Å². The van der Waals surface area contributed by atoms with Crippen LogP contribution in [0.25, 0.3) is 98.0 Å². The van der Waals surface area contributed by atoms with E-state index in [1.807, 2.05) is 0 Å². The van der Waals surface area contributed by atoms with Crippen LogP contribution in [0.3, 0.4) is 0 Å². The molecule has 3 aliphatic carbocycles. The van der Waals surface area contributed by atoms with Gasteiger partial charge in [0.25, 0.3) is 0 Å². The van der Waals surface area contributed by atoms with Gasteiger partial charge >= 0.3 is 52.4 Å². The summed E-state index contributed by atoms with van der Waals surface area (Å²) in [7, 11) is 0. The normalized spacial score (nSPS) is 16.6. The van der Waals surface area contributed by atoms with Crippen LogP contribution in [0, 0.1) is 16.2 Å². The van der Waals surface area contributed by atoms with E-state index in [9.17, 15) is 0 Å². The second-order valence-corrected chi connectivity index (χ2v) is 28.7. The Morgan fingerprint density at radius 3 is 0.728 bits per heavy atom. The molecule has 3 fully saturated rings. The molecule has 3 saturated carbocycles. The third kappa shape index (κ3) is 16.9. The van der Waals surface area contributed by atoms with E-state index in [2.05, 4.69) is 239 Å². The molecule has 1 radical (unpaired) electrons. The maximum absolute atomic E-state index is 2.54. The van der Waals surface area contributed by atoms with Crippen LogP contribution >= 0.6 is 0 Å². The van der Waals surface area contributed by atoms with Crippen molar-refractivity contribution in [3.8, 4) is 33.4 Å². The molecule has 0 amide bonds. The maximum atomic E-state index is 2.54. The van der Waals surface area contributed by atoms with Crippen LogP contribution in [0.4, 0.5) is 0 Å². The molecule has 92 heavy (non-hydrogen) atoms. The summed E-state index contributed by atoms with van der Waals surface area (Å²) < 4.78 is 0. The number of fused-ring (bicyclic) bond motifs is 6. The van der Waals surface area contributed by atoms with Crippen LogP contribution in [0.1, 0.15) is 179 Å². The monoisotopic (exact) mass is 1400 g/mol. The average molecular weight is 1410 g/mol. The summed E-state index contributed by atoms with van der Waals surface area (Å²) in [5.41, 5.74) is 14.1. The Kier molecular flexibility index (Phi) is 25.6. The molecule has 3 aliphatic rings. The van der Waals surface area contributed by atoms with Crippen molar-refractivity contribution in [1.82, 2.24) is 0 Å². The summed E-state index contributed by atoms with van der Waals surface area (Å²) in [4.78, 5) is 0.